The molecule has 0 saturated carbocycles. The van der Waals surface area contributed by atoms with Gasteiger partial charge in [-0.05, 0) is 42.7 Å². The van der Waals surface area contributed by atoms with Gasteiger partial charge in [0.1, 0.15) is 11.8 Å². The quantitative estimate of drug-likeness (QED) is 0.457. The van der Waals surface area contributed by atoms with E-state index in [1.807, 2.05) is 23.8 Å². The minimum atomic E-state index is -0.701. The number of carbonyl (C=O) groups is 2. The van der Waals surface area contributed by atoms with Crippen molar-refractivity contribution >= 4 is 51.6 Å². The van der Waals surface area contributed by atoms with E-state index in [1.54, 1.807) is 48.2 Å². The number of aromatic nitrogens is 1. The van der Waals surface area contributed by atoms with Crippen molar-refractivity contribution in [2.45, 2.75) is 12.5 Å². The normalized spacial score (nSPS) is 11.6. The number of halogens is 1. The number of thiazole rings is 1. The minimum Gasteiger partial charge on any atom is -0.496 e. The first kappa shape index (κ1) is 23.1. The van der Waals surface area contributed by atoms with Crippen molar-refractivity contribution in [2.75, 3.05) is 24.4 Å². The maximum Gasteiger partial charge on any atom is 0.255 e. The Hall–Kier alpha value is -2.55. The van der Waals surface area contributed by atoms with E-state index in [9.17, 15) is 9.59 Å². The molecule has 0 radical (unpaired) electrons. The van der Waals surface area contributed by atoms with E-state index in [-0.39, 0.29) is 11.8 Å². The standard InChI is InChI=1S/C22H22ClN3O3S2/c1-29-19-6-4-3-5-16(19)20(27)24-17(11-12-30-2)21(28)26-22-25-18(13-31-22)14-7-9-15(23)10-8-14/h3-10,13,17H,11-12H2,1-2H3,(H,24,27)(H,25,26,28). The number of para-hydroxylation sites is 1. The Kier molecular flexibility index (Phi) is 8.34. The van der Waals surface area contributed by atoms with Crippen molar-refractivity contribution in [2.24, 2.45) is 0 Å². The number of anilines is 1. The molecule has 1 aromatic heterocycles. The molecule has 2 aromatic carbocycles. The van der Waals surface area contributed by atoms with Crippen LogP contribution in [0.2, 0.25) is 5.02 Å². The molecule has 9 heteroatoms. The van der Waals surface area contributed by atoms with E-state index in [4.69, 9.17) is 16.3 Å². The minimum absolute atomic E-state index is 0.311. The number of nitrogens with one attached hydrogen (secondary N) is 2. The van der Waals surface area contributed by atoms with Crippen molar-refractivity contribution in [1.29, 1.82) is 0 Å². The average Bonchev–Trinajstić information content (AvgIpc) is 3.25. The maximum absolute atomic E-state index is 12.9. The predicted octanol–water partition coefficient (Wildman–Crippen LogP) is 4.96. The summed E-state index contributed by atoms with van der Waals surface area (Å²) < 4.78 is 5.26. The third-order valence-electron chi connectivity index (χ3n) is 4.46. The molecular formula is C22H22ClN3O3S2. The molecule has 1 unspecified atom stereocenters. The monoisotopic (exact) mass is 475 g/mol. The molecule has 0 aliphatic rings. The number of ether oxygens (including phenoxy) is 1. The fourth-order valence-electron chi connectivity index (χ4n) is 2.85. The molecule has 162 valence electrons. The van der Waals surface area contributed by atoms with E-state index in [2.05, 4.69) is 15.6 Å². The van der Waals surface area contributed by atoms with Crippen LogP contribution in [0.1, 0.15) is 16.8 Å². The molecule has 0 saturated heterocycles. The van der Waals surface area contributed by atoms with Gasteiger partial charge in [0.15, 0.2) is 5.13 Å². The van der Waals surface area contributed by atoms with Crippen LogP contribution in [0.25, 0.3) is 11.3 Å². The van der Waals surface area contributed by atoms with E-state index in [1.165, 1.54) is 18.4 Å². The summed E-state index contributed by atoms with van der Waals surface area (Å²) in [6.07, 6.45) is 2.44. The number of hydrogen-bond donors (Lipinski definition) is 2. The van der Waals surface area contributed by atoms with Crippen LogP contribution in [-0.4, -0.2) is 42.0 Å². The molecule has 0 aliphatic heterocycles. The van der Waals surface area contributed by atoms with Crippen LogP contribution in [0, 0.1) is 0 Å². The zero-order valence-corrected chi connectivity index (χ0v) is 19.4. The molecule has 31 heavy (non-hydrogen) atoms. The predicted molar refractivity (Wildman–Crippen MR) is 128 cm³/mol. The van der Waals surface area contributed by atoms with Gasteiger partial charge in [0.25, 0.3) is 5.91 Å². The van der Waals surface area contributed by atoms with Crippen LogP contribution in [-0.2, 0) is 4.79 Å². The Labute approximate surface area is 194 Å². The van der Waals surface area contributed by atoms with E-state index < -0.39 is 6.04 Å². The summed E-state index contributed by atoms with van der Waals surface area (Å²) in [6, 6.07) is 13.5. The lowest BCUT2D eigenvalue weighted by Gasteiger charge is -2.18. The van der Waals surface area contributed by atoms with Crippen LogP contribution < -0.4 is 15.4 Å². The number of benzene rings is 2. The number of nitrogens with zero attached hydrogens (tertiary/aromatic N) is 1. The Morgan fingerprint density at radius 1 is 1.19 bits per heavy atom. The lowest BCUT2D eigenvalue weighted by molar-refractivity contribution is -0.118. The first-order chi connectivity index (χ1) is 15.0. The van der Waals surface area contributed by atoms with E-state index in [0.717, 1.165) is 17.0 Å². The number of methoxy groups -OCH3 is 1. The molecular weight excluding hydrogens is 454 g/mol. The van der Waals surface area contributed by atoms with Crippen LogP contribution in [0.3, 0.4) is 0 Å². The number of carbonyl (C=O) groups excluding carboxylic acids is 2. The van der Waals surface area contributed by atoms with Crippen molar-refractivity contribution in [3.63, 3.8) is 0 Å². The van der Waals surface area contributed by atoms with Crippen molar-refractivity contribution < 1.29 is 14.3 Å². The van der Waals surface area contributed by atoms with Crippen LogP contribution in [0.5, 0.6) is 5.75 Å². The highest BCUT2D eigenvalue weighted by atomic mass is 35.5. The molecule has 2 N–H and O–H groups in total. The molecule has 1 heterocycles. The van der Waals surface area contributed by atoms with E-state index in [0.29, 0.717) is 27.9 Å². The van der Waals surface area contributed by atoms with Gasteiger partial charge in [0.05, 0.1) is 18.4 Å². The number of hydrogen-bond acceptors (Lipinski definition) is 6. The molecule has 2 amide bonds. The summed E-state index contributed by atoms with van der Waals surface area (Å²) >= 11 is 8.87. The zero-order valence-electron chi connectivity index (χ0n) is 17.1. The molecule has 6 nitrogen and oxygen atoms in total. The third-order valence-corrected chi connectivity index (χ3v) is 6.11. The van der Waals surface area contributed by atoms with Gasteiger partial charge in [-0.15, -0.1) is 11.3 Å². The fourth-order valence-corrected chi connectivity index (χ4v) is 4.17. The Morgan fingerprint density at radius 3 is 2.65 bits per heavy atom. The first-order valence-corrected chi connectivity index (χ1v) is 12.1. The lowest BCUT2D eigenvalue weighted by Crippen LogP contribution is -2.44. The zero-order chi connectivity index (χ0) is 22.2. The number of rotatable bonds is 9. The topological polar surface area (TPSA) is 80.3 Å². The number of thioether (sulfide) groups is 1. The molecule has 3 aromatic rings. The lowest BCUT2D eigenvalue weighted by atomic mass is 10.1. The summed E-state index contributed by atoms with van der Waals surface area (Å²) in [5, 5.41) is 8.63. The smallest absolute Gasteiger partial charge is 0.255 e. The molecule has 3 rings (SSSR count). The van der Waals surface area contributed by atoms with Gasteiger partial charge in [0, 0.05) is 16.0 Å². The molecule has 0 fully saturated rings. The van der Waals surface area contributed by atoms with Gasteiger partial charge in [-0.3, -0.25) is 9.59 Å². The van der Waals surface area contributed by atoms with Gasteiger partial charge in [0.2, 0.25) is 5.91 Å². The highest BCUT2D eigenvalue weighted by molar-refractivity contribution is 7.98. The Morgan fingerprint density at radius 2 is 1.94 bits per heavy atom. The van der Waals surface area contributed by atoms with Gasteiger partial charge < -0.3 is 15.4 Å². The highest BCUT2D eigenvalue weighted by Gasteiger charge is 2.23. The van der Waals surface area contributed by atoms with Gasteiger partial charge in [-0.25, -0.2) is 4.98 Å². The van der Waals surface area contributed by atoms with Gasteiger partial charge in [-0.2, -0.15) is 11.8 Å². The largest absolute Gasteiger partial charge is 0.496 e. The Balaban J connectivity index is 1.71. The van der Waals surface area contributed by atoms with Gasteiger partial charge in [-0.1, -0.05) is 35.9 Å². The third kappa shape index (κ3) is 6.22. The first-order valence-electron chi connectivity index (χ1n) is 9.47. The van der Waals surface area contributed by atoms with Crippen molar-refractivity contribution in [3.8, 4) is 17.0 Å². The number of amides is 2. The van der Waals surface area contributed by atoms with Crippen LogP contribution in [0.15, 0.2) is 53.9 Å². The fraction of sp³-hybridized carbons (Fsp3) is 0.227. The van der Waals surface area contributed by atoms with Crippen LogP contribution >= 0.6 is 34.7 Å². The SMILES string of the molecule is COc1ccccc1C(=O)NC(CCSC)C(=O)Nc1nc(-c2ccc(Cl)cc2)cs1. The van der Waals surface area contributed by atoms with Crippen molar-refractivity contribution in [3.05, 3.63) is 64.5 Å². The van der Waals surface area contributed by atoms with E-state index >= 15 is 0 Å². The van der Waals surface area contributed by atoms with Gasteiger partial charge >= 0.3 is 0 Å². The summed E-state index contributed by atoms with van der Waals surface area (Å²) in [5.74, 6) is 0.503. The maximum atomic E-state index is 12.9. The summed E-state index contributed by atoms with van der Waals surface area (Å²) in [5.41, 5.74) is 2.03. The molecule has 0 aliphatic carbocycles. The summed E-state index contributed by atoms with van der Waals surface area (Å²) in [4.78, 5) is 30.2. The second kappa shape index (κ2) is 11.2. The van der Waals surface area contributed by atoms with Crippen molar-refractivity contribution in [1.82, 2.24) is 10.3 Å². The highest BCUT2D eigenvalue weighted by Crippen LogP contribution is 2.26. The van der Waals surface area contributed by atoms with Crippen LogP contribution in [0.4, 0.5) is 5.13 Å². The molecule has 0 bridgehead atoms. The summed E-state index contributed by atoms with van der Waals surface area (Å²) in [6.45, 7) is 0. The average molecular weight is 476 g/mol. The second-order valence-corrected chi connectivity index (χ2v) is 8.82. The second-order valence-electron chi connectivity index (χ2n) is 6.54. The molecule has 0 spiro atoms. The molecule has 1 atom stereocenters. The Bertz CT molecular complexity index is 1040. The summed E-state index contributed by atoms with van der Waals surface area (Å²) in [7, 11) is 1.50.